The molecule has 172 valence electrons. The third-order valence-corrected chi connectivity index (χ3v) is 5.84. The van der Waals surface area contributed by atoms with Gasteiger partial charge in [0.05, 0.1) is 17.2 Å². The zero-order chi connectivity index (χ0) is 23.3. The van der Waals surface area contributed by atoms with Gasteiger partial charge in [0.25, 0.3) is 0 Å². The number of rotatable bonds is 8. The van der Waals surface area contributed by atoms with Gasteiger partial charge >= 0.3 is 6.09 Å². The van der Waals surface area contributed by atoms with Crippen LogP contribution in [-0.2, 0) is 17.7 Å². The summed E-state index contributed by atoms with van der Waals surface area (Å²) in [6.45, 7) is 10.3. The Balaban J connectivity index is 1.73. The average Bonchev–Trinajstić information content (AvgIpc) is 3.15. The predicted molar refractivity (Wildman–Crippen MR) is 123 cm³/mol. The number of nitrogens with zero attached hydrogens (tertiary/aromatic N) is 5. The Morgan fingerprint density at radius 2 is 2.09 bits per heavy atom. The first-order chi connectivity index (χ1) is 15.2. The molecule has 0 aliphatic heterocycles. The SMILES string of the molecule is CCC(C)N(CCc1nc2c(NCc3ncccc3F)ncnc2s1)C(=O)OC(C)(C)C. The van der Waals surface area contributed by atoms with E-state index in [0.29, 0.717) is 30.0 Å². The number of hydrogen-bond donors (Lipinski definition) is 1. The van der Waals surface area contributed by atoms with Crippen LogP contribution in [0.1, 0.15) is 51.7 Å². The zero-order valence-corrected chi connectivity index (χ0v) is 19.9. The molecular weight excluding hydrogens is 431 g/mol. The Bertz CT molecular complexity index is 1070. The van der Waals surface area contributed by atoms with Gasteiger partial charge in [0.2, 0.25) is 0 Å². The van der Waals surface area contributed by atoms with Gasteiger partial charge < -0.3 is 15.0 Å². The lowest BCUT2D eigenvalue weighted by molar-refractivity contribution is 0.0175. The molecule has 0 radical (unpaired) electrons. The number of hydrogen-bond acceptors (Lipinski definition) is 8. The summed E-state index contributed by atoms with van der Waals surface area (Å²) in [5.74, 6) is 0.144. The third kappa shape index (κ3) is 6.09. The van der Waals surface area contributed by atoms with E-state index in [2.05, 4.69) is 25.3 Å². The molecule has 1 unspecified atom stereocenters. The highest BCUT2D eigenvalue weighted by Crippen LogP contribution is 2.26. The van der Waals surface area contributed by atoms with Gasteiger partial charge in [-0.2, -0.15) is 0 Å². The number of anilines is 1. The fraction of sp³-hybridized carbons (Fsp3) is 0.500. The molecule has 3 aromatic rings. The molecule has 3 aromatic heterocycles. The van der Waals surface area contributed by atoms with E-state index in [1.165, 1.54) is 23.7 Å². The van der Waals surface area contributed by atoms with Gasteiger partial charge in [0.1, 0.15) is 28.1 Å². The van der Waals surface area contributed by atoms with Gasteiger partial charge in [-0.15, -0.1) is 0 Å². The summed E-state index contributed by atoms with van der Waals surface area (Å²) in [7, 11) is 0. The smallest absolute Gasteiger partial charge is 0.410 e. The van der Waals surface area contributed by atoms with Crippen LogP contribution in [0.3, 0.4) is 0 Å². The van der Waals surface area contributed by atoms with E-state index in [9.17, 15) is 9.18 Å². The van der Waals surface area contributed by atoms with Crippen LogP contribution in [0.2, 0.25) is 0 Å². The molecule has 1 atom stereocenters. The van der Waals surface area contributed by atoms with Gasteiger partial charge in [-0.25, -0.2) is 24.1 Å². The second kappa shape index (κ2) is 10.2. The lowest BCUT2D eigenvalue weighted by Crippen LogP contribution is -2.43. The van der Waals surface area contributed by atoms with Gasteiger partial charge in [-0.3, -0.25) is 4.98 Å². The summed E-state index contributed by atoms with van der Waals surface area (Å²) in [6.07, 6.45) is 4.06. The number of ether oxygens (including phenoxy) is 1. The van der Waals surface area contributed by atoms with E-state index in [0.717, 1.165) is 16.3 Å². The molecule has 0 aliphatic rings. The van der Waals surface area contributed by atoms with Crippen molar-refractivity contribution >= 4 is 33.6 Å². The summed E-state index contributed by atoms with van der Waals surface area (Å²) in [5, 5.41) is 3.94. The van der Waals surface area contributed by atoms with Crippen molar-refractivity contribution in [3.05, 3.63) is 41.2 Å². The molecule has 3 rings (SSSR count). The second-order valence-electron chi connectivity index (χ2n) is 8.45. The number of carbonyl (C=O) groups is 1. The molecule has 0 spiro atoms. The number of halogens is 1. The van der Waals surface area contributed by atoms with Crippen molar-refractivity contribution in [1.29, 1.82) is 0 Å². The van der Waals surface area contributed by atoms with Crippen molar-refractivity contribution in [2.24, 2.45) is 0 Å². The van der Waals surface area contributed by atoms with Crippen LogP contribution < -0.4 is 5.32 Å². The van der Waals surface area contributed by atoms with E-state index >= 15 is 0 Å². The first kappa shape index (κ1) is 23.8. The highest BCUT2D eigenvalue weighted by molar-refractivity contribution is 7.18. The molecule has 32 heavy (non-hydrogen) atoms. The summed E-state index contributed by atoms with van der Waals surface area (Å²) in [6, 6.07) is 2.97. The molecule has 0 bridgehead atoms. The van der Waals surface area contributed by atoms with E-state index in [-0.39, 0.29) is 24.5 Å². The molecule has 0 aromatic carbocycles. The first-order valence-electron chi connectivity index (χ1n) is 10.6. The van der Waals surface area contributed by atoms with E-state index in [1.807, 2.05) is 34.6 Å². The number of pyridine rings is 1. The summed E-state index contributed by atoms with van der Waals surface area (Å²) in [5.41, 5.74) is 0.370. The fourth-order valence-electron chi connectivity index (χ4n) is 3.00. The molecular formula is C22H29FN6O2S. The van der Waals surface area contributed by atoms with Gasteiger partial charge in [0, 0.05) is 25.2 Å². The van der Waals surface area contributed by atoms with Crippen molar-refractivity contribution in [3.8, 4) is 0 Å². The van der Waals surface area contributed by atoms with E-state index in [4.69, 9.17) is 4.74 Å². The van der Waals surface area contributed by atoms with Crippen LogP contribution in [-0.4, -0.2) is 49.1 Å². The van der Waals surface area contributed by atoms with Crippen LogP contribution >= 0.6 is 11.3 Å². The van der Waals surface area contributed by atoms with E-state index in [1.54, 1.807) is 17.2 Å². The largest absolute Gasteiger partial charge is 0.444 e. The maximum atomic E-state index is 13.9. The minimum absolute atomic E-state index is 0.0458. The number of fused-ring (bicyclic) bond motifs is 1. The molecule has 0 saturated heterocycles. The lowest BCUT2D eigenvalue weighted by Gasteiger charge is -2.31. The zero-order valence-electron chi connectivity index (χ0n) is 19.1. The van der Waals surface area contributed by atoms with Crippen molar-refractivity contribution in [2.75, 3.05) is 11.9 Å². The summed E-state index contributed by atoms with van der Waals surface area (Å²) < 4.78 is 19.4. The molecule has 0 aliphatic carbocycles. The number of carbonyl (C=O) groups excluding carboxylic acids is 1. The third-order valence-electron chi connectivity index (χ3n) is 4.82. The minimum atomic E-state index is -0.554. The topological polar surface area (TPSA) is 93.1 Å². The molecule has 10 heteroatoms. The van der Waals surface area contributed by atoms with Crippen molar-refractivity contribution in [1.82, 2.24) is 24.8 Å². The Hall–Kier alpha value is -2.88. The number of thiazole rings is 1. The standard InChI is InChI=1S/C22H29FN6O2S/c1-6-14(2)29(21(30)31-22(3,4)5)11-9-17-28-18-19(26-13-27-20(18)32-17)25-12-16-15(23)8-7-10-24-16/h7-8,10,13-14H,6,9,11-12H2,1-5H3,(H,25,26,27). The Morgan fingerprint density at radius 1 is 1.31 bits per heavy atom. The molecule has 3 heterocycles. The Kier molecular flexibility index (Phi) is 7.55. The monoisotopic (exact) mass is 460 g/mol. The van der Waals surface area contributed by atoms with Crippen molar-refractivity contribution in [2.45, 2.75) is 65.6 Å². The quantitative estimate of drug-likeness (QED) is 0.515. The minimum Gasteiger partial charge on any atom is -0.444 e. The lowest BCUT2D eigenvalue weighted by atomic mass is 10.2. The highest BCUT2D eigenvalue weighted by Gasteiger charge is 2.25. The number of nitrogens with one attached hydrogen (secondary N) is 1. The molecule has 8 nitrogen and oxygen atoms in total. The Morgan fingerprint density at radius 3 is 2.78 bits per heavy atom. The van der Waals surface area contributed by atoms with Gasteiger partial charge in [-0.05, 0) is 46.2 Å². The van der Waals surface area contributed by atoms with E-state index < -0.39 is 5.60 Å². The molecule has 0 fully saturated rings. The first-order valence-corrected chi connectivity index (χ1v) is 11.4. The summed E-state index contributed by atoms with van der Waals surface area (Å²) >= 11 is 1.45. The Labute approximate surface area is 191 Å². The fourth-order valence-corrected chi connectivity index (χ4v) is 3.89. The average molecular weight is 461 g/mol. The highest BCUT2D eigenvalue weighted by atomic mass is 32.1. The van der Waals surface area contributed by atoms with Crippen LogP contribution in [0.25, 0.3) is 10.3 Å². The number of amides is 1. The predicted octanol–water partition coefficient (Wildman–Crippen LogP) is 4.81. The van der Waals surface area contributed by atoms with Crippen LogP contribution in [0.5, 0.6) is 0 Å². The van der Waals surface area contributed by atoms with Crippen molar-refractivity contribution in [3.63, 3.8) is 0 Å². The van der Waals surface area contributed by atoms with Crippen LogP contribution in [0.4, 0.5) is 15.0 Å². The van der Waals surface area contributed by atoms with Crippen LogP contribution in [0, 0.1) is 5.82 Å². The van der Waals surface area contributed by atoms with Crippen molar-refractivity contribution < 1.29 is 13.9 Å². The van der Waals surface area contributed by atoms with Gasteiger partial charge in [0.15, 0.2) is 5.82 Å². The number of aromatic nitrogens is 4. The molecule has 1 amide bonds. The summed E-state index contributed by atoms with van der Waals surface area (Å²) in [4.78, 5) is 32.4. The maximum absolute atomic E-state index is 13.9. The maximum Gasteiger partial charge on any atom is 0.410 e. The van der Waals surface area contributed by atoms with Gasteiger partial charge in [-0.1, -0.05) is 18.3 Å². The molecule has 0 saturated carbocycles. The van der Waals surface area contributed by atoms with Crippen LogP contribution in [0.15, 0.2) is 24.7 Å². The molecule has 1 N–H and O–H groups in total. The second-order valence-corrected chi connectivity index (χ2v) is 9.51. The normalized spacial score (nSPS) is 12.6.